The first-order valence-corrected chi connectivity index (χ1v) is 4.87. The Balaban J connectivity index is 2.55. The summed E-state index contributed by atoms with van der Waals surface area (Å²) in [5.41, 5.74) is 0.729. The summed E-state index contributed by atoms with van der Waals surface area (Å²) in [4.78, 5) is 13.1. The van der Waals surface area contributed by atoms with Gasteiger partial charge in [-0.1, -0.05) is 11.6 Å². The summed E-state index contributed by atoms with van der Waals surface area (Å²) in [7, 11) is 3.71. The van der Waals surface area contributed by atoms with Gasteiger partial charge in [-0.05, 0) is 24.3 Å². The molecule has 1 rings (SSSR count). The predicted molar refractivity (Wildman–Crippen MR) is 62.9 cm³/mol. The molecule has 3 nitrogen and oxygen atoms in total. The summed E-state index contributed by atoms with van der Waals surface area (Å²) < 4.78 is 0. The van der Waals surface area contributed by atoms with Crippen molar-refractivity contribution in [1.82, 2.24) is 4.90 Å². The number of halogens is 1. The van der Waals surface area contributed by atoms with Crippen LogP contribution in [0.1, 0.15) is 0 Å². The predicted octanol–water partition coefficient (Wildman–Crippen LogP) is 2.35. The summed E-state index contributed by atoms with van der Waals surface area (Å²) >= 11 is 5.72. The van der Waals surface area contributed by atoms with E-state index in [0.29, 0.717) is 5.02 Å². The number of hydrogen-bond acceptors (Lipinski definition) is 2. The largest absolute Gasteiger partial charge is 0.383 e. The molecule has 0 radical (unpaired) electrons. The van der Waals surface area contributed by atoms with Crippen LogP contribution in [0, 0.1) is 0 Å². The van der Waals surface area contributed by atoms with Gasteiger partial charge in [-0.3, -0.25) is 4.79 Å². The second kappa shape index (κ2) is 5.41. The smallest absolute Gasteiger partial charge is 0.249 e. The van der Waals surface area contributed by atoms with Crippen molar-refractivity contribution in [3.05, 3.63) is 41.6 Å². The van der Waals surface area contributed by atoms with Gasteiger partial charge < -0.3 is 10.2 Å². The molecule has 0 spiro atoms. The zero-order valence-electron chi connectivity index (χ0n) is 8.70. The third-order valence-corrected chi connectivity index (χ3v) is 1.89. The normalized spacial score (nSPS) is 10.3. The quantitative estimate of drug-likeness (QED) is 0.800. The van der Waals surface area contributed by atoms with Crippen LogP contribution in [0.4, 0.5) is 5.69 Å². The van der Waals surface area contributed by atoms with Gasteiger partial charge >= 0.3 is 0 Å². The van der Waals surface area contributed by atoms with Gasteiger partial charge in [0.15, 0.2) is 0 Å². The fourth-order valence-electron chi connectivity index (χ4n) is 0.934. The zero-order valence-corrected chi connectivity index (χ0v) is 9.45. The van der Waals surface area contributed by atoms with Crippen LogP contribution in [-0.2, 0) is 4.79 Å². The molecule has 0 fully saturated rings. The monoisotopic (exact) mass is 224 g/mol. The summed E-state index contributed by atoms with van der Waals surface area (Å²) in [5, 5.41) is 3.36. The van der Waals surface area contributed by atoms with Gasteiger partial charge in [0.25, 0.3) is 0 Å². The standard InChI is InChI=1S/C11H13ClN2O/c1-14(2)8-7-11(15)13-10-5-3-9(12)4-6-10/h3-8H,1-2H3,(H,13,15). The first-order chi connectivity index (χ1) is 7.08. The highest BCUT2D eigenvalue weighted by Gasteiger charge is 1.97. The van der Waals surface area contributed by atoms with Gasteiger partial charge in [0.05, 0.1) is 0 Å². The molecule has 0 aromatic heterocycles. The van der Waals surface area contributed by atoms with E-state index in [2.05, 4.69) is 5.32 Å². The van der Waals surface area contributed by atoms with Crippen LogP contribution in [0.15, 0.2) is 36.5 Å². The molecule has 15 heavy (non-hydrogen) atoms. The fourth-order valence-corrected chi connectivity index (χ4v) is 1.06. The van der Waals surface area contributed by atoms with Crippen molar-refractivity contribution in [3.63, 3.8) is 0 Å². The molecule has 0 aliphatic rings. The first kappa shape index (κ1) is 11.6. The molecular formula is C11H13ClN2O. The molecular weight excluding hydrogens is 212 g/mol. The van der Waals surface area contributed by atoms with E-state index in [1.54, 1.807) is 35.4 Å². The Hall–Kier alpha value is -1.48. The molecule has 80 valence electrons. The van der Waals surface area contributed by atoms with E-state index in [1.165, 1.54) is 6.08 Å². The van der Waals surface area contributed by atoms with Crippen molar-refractivity contribution >= 4 is 23.2 Å². The minimum absolute atomic E-state index is 0.161. The molecule has 1 N–H and O–H groups in total. The van der Waals surface area contributed by atoms with Crippen LogP contribution in [-0.4, -0.2) is 24.9 Å². The molecule has 1 aromatic carbocycles. The van der Waals surface area contributed by atoms with Gasteiger partial charge in [-0.25, -0.2) is 0 Å². The Morgan fingerprint density at radius 1 is 1.33 bits per heavy atom. The third-order valence-electron chi connectivity index (χ3n) is 1.64. The second-order valence-electron chi connectivity index (χ2n) is 3.28. The highest BCUT2D eigenvalue weighted by molar-refractivity contribution is 6.30. The Kier molecular flexibility index (Phi) is 4.18. The number of anilines is 1. The molecule has 0 saturated carbocycles. The molecule has 4 heteroatoms. The molecule has 0 aliphatic heterocycles. The number of nitrogens with zero attached hydrogens (tertiary/aromatic N) is 1. The molecule has 1 aromatic rings. The summed E-state index contributed by atoms with van der Waals surface area (Å²) in [5.74, 6) is -0.161. The number of hydrogen-bond donors (Lipinski definition) is 1. The summed E-state index contributed by atoms with van der Waals surface area (Å²) in [6.45, 7) is 0. The van der Waals surface area contributed by atoms with E-state index >= 15 is 0 Å². The van der Waals surface area contributed by atoms with Gasteiger partial charge in [0.1, 0.15) is 0 Å². The Morgan fingerprint density at radius 3 is 2.47 bits per heavy atom. The average molecular weight is 225 g/mol. The lowest BCUT2D eigenvalue weighted by molar-refractivity contribution is -0.112. The van der Waals surface area contributed by atoms with Crippen LogP contribution in [0.3, 0.4) is 0 Å². The van der Waals surface area contributed by atoms with E-state index in [4.69, 9.17) is 11.6 Å². The number of carbonyl (C=O) groups excluding carboxylic acids is 1. The zero-order chi connectivity index (χ0) is 11.3. The van der Waals surface area contributed by atoms with E-state index in [1.807, 2.05) is 14.1 Å². The summed E-state index contributed by atoms with van der Waals surface area (Å²) in [6, 6.07) is 6.97. The number of benzene rings is 1. The van der Waals surface area contributed by atoms with Crippen LogP contribution < -0.4 is 5.32 Å². The minimum Gasteiger partial charge on any atom is -0.383 e. The second-order valence-corrected chi connectivity index (χ2v) is 3.71. The van der Waals surface area contributed by atoms with Gasteiger partial charge in [-0.2, -0.15) is 0 Å². The lowest BCUT2D eigenvalue weighted by Gasteiger charge is -2.04. The van der Waals surface area contributed by atoms with Crippen molar-refractivity contribution in [3.8, 4) is 0 Å². The molecule has 0 bridgehead atoms. The number of rotatable bonds is 3. The highest BCUT2D eigenvalue weighted by atomic mass is 35.5. The first-order valence-electron chi connectivity index (χ1n) is 4.49. The lowest BCUT2D eigenvalue weighted by atomic mass is 10.3. The maximum Gasteiger partial charge on any atom is 0.249 e. The number of nitrogens with one attached hydrogen (secondary N) is 1. The molecule has 0 atom stereocenters. The fraction of sp³-hybridized carbons (Fsp3) is 0.182. The Morgan fingerprint density at radius 2 is 1.93 bits per heavy atom. The van der Waals surface area contributed by atoms with E-state index in [0.717, 1.165) is 5.69 Å². The number of amides is 1. The average Bonchev–Trinajstić information content (AvgIpc) is 2.19. The molecule has 0 unspecified atom stereocenters. The van der Waals surface area contributed by atoms with Crippen molar-refractivity contribution in [2.45, 2.75) is 0 Å². The van der Waals surface area contributed by atoms with Gasteiger partial charge in [0.2, 0.25) is 5.91 Å². The van der Waals surface area contributed by atoms with Crippen LogP contribution in [0.25, 0.3) is 0 Å². The molecule has 0 heterocycles. The molecule has 0 saturated heterocycles. The van der Waals surface area contributed by atoms with Crippen molar-refractivity contribution in [2.75, 3.05) is 19.4 Å². The molecule has 0 aliphatic carbocycles. The van der Waals surface area contributed by atoms with Crippen molar-refractivity contribution < 1.29 is 4.79 Å². The van der Waals surface area contributed by atoms with Crippen LogP contribution in [0.5, 0.6) is 0 Å². The molecule has 1 amide bonds. The number of carbonyl (C=O) groups is 1. The van der Waals surface area contributed by atoms with E-state index in [-0.39, 0.29) is 5.91 Å². The maximum atomic E-state index is 11.3. The van der Waals surface area contributed by atoms with Crippen molar-refractivity contribution in [2.24, 2.45) is 0 Å². The third kappa shape index (κ3) is 4.51. The Bertz CT molecular complexity index is 357. The summed E-state index contributed by atoms with van der Waals surface area (Å²) in [6.07, 6.45) is 3.15. The topological polar surface area (TPSA) is 32.3 Å². The van der Waals surface area contributed by atoms with E-state index < -0.39 is 0 Å². The minimum atomic E-state index is -0.161. The van der Waals surface area contributed by atoms with Gasteiger partial charge in [0, 0.05) is 37.1 Å². The SMILES string of the molecule is CN(C)C=CC(=O)Nc1ccc(Cl)cc1. The van der Waals surface area contributed by atoms with Crippen LogP contribution >= 0.6 is 11.6 Å². The van der Waals surface area contributed by atoms with Gasteiger partial charge in [-0.15, -0.1) is 0 Å². The lowest BCUT2D eigenvalue weighted by Crippen LogP contribution is -2.10. The Labute approximate surface area is 94.3 Å². The van der Waals surface area contributed by atoms with Crippen molar-refractivity contribution in [1.29, 1.82) is 0 Å². The highest BCUT2D eigenvalue weighted by Crippen LogP contribution is 2.13. The maximum absolute atomic E-state index is 11.3. The van der Waals surface area contributed by atoms with E-state index in [9.17, 15) is 4.79 Å². The van der Waals surface area contributed by atoms with Crippen LogP contribution in [0.2, 0.25) is 5.02 Å².